The van der Waals surface area contributed by atoms with Gasteiger partial charge in [-0.25, -0.2) is 0 Å². The molecule has 0 heterocycles. The molecular weight excluding hydrogens is 308 g/mol. The van der Waals surface area contributed by atoms with Gasteiger partial charge < -0.3 is 5.11 Å². The van der Waals surface area contributed by atoms with Crippen molar-refractivity contribution in [2.45, 2.75) is 26.2 Å². The van der Waals surface area contributed by atoms with E-state index in [1.54, 1.807) is 0 Å². The first-order chi connectivity index (χ1) is 11.8. The van der Waals surface area contributed by atoms with Crippen LogP contribution in [0, 0.1) is 0 Å². The monoisotopic (exact) mass is 330 g/mol. The van der Waals surface area contributed by atoms with Gasteiger partial charge in [-0.2, -0.15) is 0 Å². The van der Waals surface area contributed by atoms with Crippen molar-refractivity contribution in [3.63, 3.8) is 0 Å². The van der Waals surface area contributed by atoms with Crippen molar-refractivity contribution in [3.05, 3.63) is 89.5 Å². The van der Waals surface area contributed by atoms with E-state index in [1.807, 2.05) is 66.7 Å². The fourth-order valence-electron chi connectivity index (χ4n) is 2.77. The highest BCUT2D eigenvalue weighted by atomic mass is 16.3. The zero-order valence-electron chi connectivity index (χ0n) is 14.8. The molecular formula is C23H22O2. The molecule has 0 fully saturated rings. The largest absolute Gasteiger partial charge is 0.507 e. The number of aliphatic hydroxyl groups excluding tert-OH is 1. The van der Waals surface area contributed by atoms with Crippen LogP contribution in [-0.4, -0.2) is 10.9 Å². The summed E-state index contributed by atoms with van der Waals surface area (Å²) in [5, 5.41) is 12.5. The highest BCUT2D eigenvalue weighted by Crippen LogP contribution is 2.23. The van der Waals surface area contributed by atoms with Gasteiger partial charge in [0.15, 0.2) is 5.78 Å². The maximum atomic E-state index is 12.4. The average Bonchev–Trinajstić information content (AvgIpc) is 2.60. The molecule has 2 heteroatoms. The summed E-state index contributed by atoms with van der Waals surface area (Å²) >= 11 is 0. The number of fused-ring (bicyclic) bond motifs is 1. The van der Waals surface area contributed by atoms with Crippen molar-refractivity contribution < 1.29 is 9.90 Å². The molecule has 0 unspecified atom stereocenters. The summed E-state index contributed by atoms with van der Waals surface area (Å²) in [6.45, 7) is 6.40. The standard InChI is InChI=1S/C23H22O2/c1-23(2,3)20-12-10-17(11-13-20)21(24)15-22(25)19-9-8-16-6-4-5-7-18(16)14-19/h4-15,25H,1-3H3/b22-15-. The first kappa shape index (κ1) is 17.0. The molecule has 1 N–H and O–H groups in total. The average molecular weight is 330 g/mol. The molecule has 0 radical (unpaired) electrons. The Morgan fingerprint density at radius 1 is 0.840 bits per heavy atom. The molecule has 0 saturated carbocycles. The van der Waals surface area contributed by atoms with Gasteiger partial charge in [0.25, 0.3) is 0 Å². The maximum Gasteiger partial charge on any atom is 0.189 e. The van der Waals surface area contributed by atoms with E-state index in [0.29, 0.717) is 11.1 Å². The molecule has 0 amide bonds. The minimum absolute atomic E-state index is 0.0179. The quantitative estimate of drug-likeness (QED) is 0.368. The first-order valence-electron chi connectivity index (χ1n) is 8.39. The molecule has 0 aliphatic rings. The van der Waals surface area contributed by atoms with E-state index in [4.69, 9.17) is 0 Å². The highest BCUT2D eigenvalue weighted by Gasteiger charge is 2.14. The third kappa shape index (κ3) is 3.80. The van der Waals surface area contributed by atoms with E-state index in [-0.39, 0.29) is 17.0 Å². The molecule has 3 aromatic carbocycles. The van der Waals surface area contributed by atoms with Crippen molar-refractivity contribution in [2.24, 2.45) is 0 Å². The second kappa shape index (κ2) is 6.56. The Hall–Kier alpha value is -2.87. The minimum atomic E-state index is -0.203. The number of hydrogen-bond donors (Lipinski definition) is 1. The molecule has 0 saturated heterocycles. The van der Waals surface area contributed by atoms with E-state index in [2.05, 4.69) is 20.8 Å². The van der Waals surface area contributed by atoms with Gasteiger partial charge in [0.2, 0.25) is 0 Å². The minimum Gasteiger partial charge on any atom is -0.507 e. The number of benzene rings is 3. The summed E-state index contributed by atoms with van der Waals surface area (Å²) in [4.78, 5) is 12.4. The second-order valence-electron chi connectivity index (χ2n) is 7.28. The number of carbonyl (C=O) groups excluding carboxylic acids is 1. The fourth-order valence-corrected chi connectivity index (χ4v) is 2.77. The van der Waals surface area contributed by atoms with Crippen LogP contribution in [-0.2, 0) is 5.41 Å². The predicted octanol–water partition coefficient (Wildman–Crippen LogP) is 5.92. The SMILES string of the molecule is CC(C)(C)c1ccc(C(=O)/C=C(\O)c2ccc3ccccc3c2)cc1. The lowest BCUT2D eigenvalue weighted by atomic mass is 9.86. The molecule has 3 aromatic rings. The molecule has 2 nitrogen and oxygen atoms in total. The van der Waals surface area contributed by atoms with Crippen LogP contribution in [0.2, 0.25) is 0 Å². The lowest BCUT2D eigenvalue weighted by Gasteiger charge is -2.18. The number of allylic oxidation sites excluding steroid dienone is 1. The maximum absolute atomic E-state index is 12.4. The molecule has 0 aliphatic heterocycles. The zero-order valence-corrected chi connectivity index (χ0v) is 14.8. The Bertz CT molecular complexity index is 942. The van der Waals surface area contributed by atoms with Crippen molar-refractivity contribution >= 4 is 22.3 Å². The Kier molecular flexibility index (Phi) is 4.45. The molecule has 25 heavy (non-hydrogen) atoms. The first-order valence-corrected chi connectivity index (χ1v) is 8.39. The highest BCUT2D eigenvalue weighted by molar-refractivity contribution is 6.08. The Morgan fingerprint density at radius 3 is 2.08 bits per heavy atom. The molecule has 0 atom stereocenters. The normalized spacial score (nSPS) is 12.4. The van der Waals surface area contributed by atoms with E-state index < -0.39 is 0 Å². The van der Waals surface area contributed by atoms with E-state index in [9.17, 15) is 9.90 Å². The molecule has 0 bridgehead atoms. The number of hydrogen-bond acceptors (Lipinski definition) is 2. The van der Waals surface area contributed by atoms with E-state index in [1.165, 1.54) is 11.6 Å². The molecule has 126 valence electrons. The van der Waals surface area contributed by atoms with Gasteiger partial charge in [-0.15, -0.1) is 0 Å². The van der Waals surface area contributed by atoms with Crippen LogP contribution in [0.4, 0.5) is 0 Å². The Balaban J connectivity index is 1.86. The lowest BCUT2D eigenvalue weighted by molar-refractivity contribution is 0.104. The summed E-state index contributed by atoms with van der Waals surface area (Å²) in [5.41, 5.74) is 2.43. The lowest BCUT2D eigenvalue weighted by Crippen LogP contribution is -2.11. The zero-order chi connectivity index (χ0) is 18.0. The van der Waals surface area contributed by atoms with Crippen molar-refractivity contribution in [1.82, 2.24) is 0 Å². The van der Waals surface area contributed by atoms with Gasteiger partial charge >= 0.3 is 0 Å². The third-order valence-electron chi connectivity index (χ3n) is 4.35. The van der Waals surface area contributed by atoms with Crippen LogP contribution < -0.4 is 0 Å². The van der Waals surface area contributed by atoms with Gasteiger partial charge in [-0.05, 0) is 27.8 Å². The molecule has 0 spiro atoms. The van der Waals surface area contributed by atoms with Gasteiger partial charge in [0.1, 0.15) is 5.76 Å². The predicted molar refractivity (Wildman–Crippen MR) is 104 cm³/mol. The van der Waals surface area contributed by atoms with E-state index >= 15 is 0 Å². The molecule has 0 aromatic heterocycles. The van der Waals surface area contributed by atoms with Gasteiger partial charge in [0.05, 0.1) is 0 Å². The van der Waals surface area contributed by atoms with Crippen LogP contribution in [0.15, 0.2) is 72.8 Å². The smallest absolute Gasteiger partial charge is 0.189 e. The van der Waals surface area contributed by atoms with Crippen LogP contribution in [0.1, 0.15) is 42.3 Å². The van der Waals surface area contributed by atoms with Crippen molar-refractivity contribution in [2.75, 3.05) is 0 Å². The molecule has 3 rings (SSSR count). The summed E-state index contributed by atoms with van der Waals surface area (Å²) < 4.78 is 0. The summed E-state index contributed by atoms with van der Waals surface area (Å²) in [7, 11) is 0. The Morgan fingerprint density at radius 2 is 1.44 bits per heavy atom. The van der Waals surface area contributed by atoms with Crippen LogP contribution >= 0.6 is 0 Å². The summed E-state index contributed by atoms with van der Waals surface area (Å²) in [6.07, 6.45) is 1.29. The Labute approximate surface area is 148 Å². The van der Waals surface area contributed by atoms with Crippen molar-refractivity contribution in [1.29, 1.82) is 0 Å². The third-order valence-corrected chi connectivity index (χ3v) is 4.35. The number of ketones is 1. The van der Waals surface area contributed by atoms with Crippen LogP contribution in [0.3, 0.4) is 0 Å². The topological polar surface area (TPSA) is 37.3 Å². The van der Waals surface area contributed by atoms with Gasteiger partial charge in [-0.1, -0.05) is 81.4 Å². The number of aliphatic hydroxyl groups is 1. The van der Waals surface area contributed by atoms with Gasteiger partial charge in [-0.3, -0.25) is 4.79 Å². The van der Waals surface area contributed by atoms with E-state index in [0.717, 1.165) is 10.8 Å². The van der Waals surface area contributed by atoms with Crippen LogP contribution in [0.25, 0.3) is 16.5 Å². The fraction of sp³-hybridized carbons (Fsp3) is 0.174. The number of rotatable bonds is 3. The molecule has 0 aliphatic carbocycles. The number of carbonyl (C=O) groups is 1. The van der Waals surface area contributed by atoms with Crippen molar-refractivity contribution in [3.8, 4) is 0 Å². The van der Waals surface area contributed by atoms with Crippen LogP contribution in [0.5, 0.6) is 0 Å². The van der Waals surface area contributed by atoms with Gasteiger partial charge in [0, 0.05) is 17.2 Å². The summed E-state index contributed by atoms with van der Waals surface area (Å²) in [5.74, 6) is -0.221. The second-order valence-corrected chi connectivity index (χ2v) is 7.28. The summed E-state index contributed by atoms with van der Waals surface area (Å²) in [6, 6.07) is 21.1.